The number of amides is 3. The fraction of sp³-hybridized carbons (Fsp3) is 0.565. The molecule has 2 saturated heterocycles. The van der Waals surface area contributed by atoms with Crippen LogP contribution in [0.4, 0.5) is 4.39 Å². The van der Waals surface area contributed by atoms with E-state index in [1.165, 1.54) is 16.0 Å². The minimum Gasteiger partial charge on any atom is -0.344 e. The van der Waals surface area contributed by atoms with E-state index in [9.17, 15) is 23.6 Å². The molecular weight excluding hydrogens is 401 g/mol. The van der Waals surface area contributed by atoms with Crippen molar-refractivity contribution in [2.75, 3.05) is 6.54 Å². The first-order valence-electron chi connectivity index (χ1n) is 10.9. The van der Waals surface area contributed by atoms with Crippen molar-refractivity contribution in [2.24, 2.45) is 5.92 Å². The number of nitrogens with zero attached hydrogens (tertiary/aromatic N) is 2. The summed E-state index contributed by atoms with van der Waals surface area (Å²) in [5.41, 5.74) is 3.56. The van der Waals surface area contributed by atoms with Crippen molar-refractivity contribution in [1.29, 1.82) is 0 Å². The second-order valence-electron chi connectivity index (χ2n) is 9.11. The summed E-state index contributed by atoms with van der Waals surface area (Å²) in [5.74, 6) is -1.15. The van der Waals surface area contributed by atoms with E-state index < -0.39 is 30.1 Å². The van der Waals surface area contributed by atoms with Gasteiger partial charge in [0.15, 0.2) is 0 Å². The fourth-order valence-electron chi connectivity index (χ4n) is 4.98. The molecule has 2 fully saturated rings. The molecule has 0 bridgehead atoms. The summed E-state index contributed by atoms with van der Waals surface area (Å²) in [5, 5.41) is 2.64. The molecule has 1 unspecified atom stereocenters. The van der Waals surface area contributed by atoms with Gasteiger partial charge in [0.1, 0.15) is 18.5 Å². The summed E-state index contributed by atoms with van der Waals surface area (Å²) < 4.78 is 13.7. The highest BCUT2D eigenvalue weighted by Gasteiger charge is 2.44. The molecule has 4 rings (SSSR count). The second-order valence-corrected chi connectivity index (χ2v) is 9.11. The van der Waals surface area contributed by atoms with Gasteiger partial charge in [0.05, 0.1) is 12.6 Å². The van der Waals surface area contributed by atoms with Gasteiger partial charge in [-0.1, -0.05) is 32.0 Å². The molecule has 7 nitrogen and oxygen atoms in total. The Hall–Kier alpha value is -2.77. The molecule has 0 spiro atoms. The Morgan fingerprint density at radius 1 is 1.26 bits per heavy atom. The number of likely N-dealkylation sites (tertiary alicyclic amines) is 1. The number of nitrogens with one attached hydrogen (secondary N) is 1. The first-order chi connectivity index (χ1) is 14.8. The summed E-state index contributed by atoms with van der Waals surface area (Å²) in [6.45, 7) is 5.17. The lowest BCUT2D eigenvalue weighted by Gasteiger charge is -2.23. The van der Waals surface area contributed by atoms with Crippen LogP contribution < -0.4 is 5.32 Å². The van der Waals surface area contributed by atoms with Crippen molar-refractivity contribution in [1.82, 2.24) is 15.1 Å². The molecule has 4 atom stereocenters. The van der Waals surface area contributed by atoms with Crippen molar-refractivity contribution in [2.45, 2.75) is 70.4 Å². The molecule has 1 N–H and O–H groups in total. The van der Waals surface area contributed by atoms with Crippen LogP contribution in [0.1, 0.15) is 55.7 Å². The lowest BCUT2D eigenvalue weighted by Crippen LogP contribution is -2.47. The molecule has 0 aliphatic carbocycles. The highest BCUT2D eigenvalue weighted by atomic mass is 19.1. The predicted octanol–water partition coefficient (Wildman–Crippen LogP) is 1.68. The molecule has 3 amide bonds. The number of aldehydes is 1. The number of carbonyl (C=O) groups is 4. The minimum atomic E-state index is -1.24. The average Bonchev–Trinajstić information content (AvgIpc) is 3.43. The summed E-state index contributed by atoms with van der Waals surface area (Å²) in [6.07, 6.45) is -0.456. The summed E-state index contributed by atoms with van der Waals surface area (Å²) >= 11 is 0. The Kier molecular flexibility index (Phi) is 5.81. The largest absolute Gasteiger partial charge is 0.344 e. The van der Waals surface area contributed by atoms with E-state index in [1.807, 2.05) is 12.1 Å². The minimum absolute atomic E-state index is 0.00823. The Bertz CT molecular complexity index is 918. The third-order valence-corrected chi connectivity index (χ3v) is 6.65. The second kappa shape index (κ2) is 8.40. The lowest BCUT2D eigenvalue weighted by atomic mass is 9.95. The lowest BCUT2D eigenvalue weighted by molar-refractivity contribution is -0.137. The third kappa shape index (κ3) is 4.07. The van der Waals surface area contributed by atoms with Gasteiger partial charge in [-0.2, -0.15) is 0 Å². The first kappa shape index (κ1) is 21.5. The van der Waals surface area contributed by atoms with E-state index in [0.29, 0.717) is 25.3 Å². The number of rotatable bonds is 5. The molecule has 1 aromatic rings. The molecule has 0 saturated carbocycles. The van der Waals surface area contributed by atoms with Crippen LogP contribution in [0.25, 0.3) is 0 Å². The SMILES string of the molecule is CC(C)c1cccc2c1CN(C(=O)C[C@@H]1C[C@@H](C(=O)N3CC(F)C[C@H]3C=O)NC1=O)C2. The molecule has 3 heterocycles. The molecule has 8 heteroatoms. The zero-order valence-corrected chi connectivity index (χ0v) is 17.8. The topological polar surface area (TPSA) is 86.8 Å². The number of fused-ring (bicyclic) bond motifs is 1. The van der Waals surface area contributed by atoms with Crippen LogP contribution in [0, 0.1) is 5.92 Å². The van der Waals surface area contributed by atoms with Gasteiger partial charge in [-0.25, -0.2) is 4.39 Å². The zero-order valence-electron chi connectivity index (χ0n) is 17.8. The highest BCUT2D eigenvalue weighted by molar-refractivity contribution is 5.95. The van der Waals surface area contributed by atoms with Crippen LogP contribution in [0.3, 0.4) is 0 Å². The van der Waals surface area contributed by atoms with Crippen molar-refractivity contribution in [3.8, 4) is 0 Å². The normalized spacial score (nSPS) is 27.5. The number of hydrogen-bond donors (Lipinski definition) is 1. The Balaban J connectivity index is 1.38. The molecule has 3 aliphatic rings. The van der Waals surface area contributed by atoms with Gasteiger partial charge < -0.3 is 19.9 Å². The van der Waals surface area contributed by atoms with Crippen molar-refractivity contribution >= 4 is 24.0 Å². The quantitative estimate of drug-likeness (QED) is 0.722. The van der Waals surface area contributed by atoms with Crippen LogP contribution in [0.15, 0.2) is 18.2 Å². The smallest absolute Gasteiger partial charge is 0.245 e. The molecule has 166 valence electrons. The van der Waals surface area contributed by atoms with Crippen LogP contribution in [0.2, 0.25) is 0 Å². The maximum atomic E-state index is 13.7. The zero-order chi connectivity index (χ0) is 22.3. The van der Waals surface area contributed by atoms with E-state index in [2.05, 4.69) is 25.2 Å². The van der Waals surface area contributed by atoms with Gasteiger partial charge in [0, 0.05) is 31.8 Å². The predicted molar refractivity (Wildman–Crippen MR) is 111 cm³/mol. The van der Waals surface area contributed by atoms with Crippen molar-refractivity contribution in [3.05, 3.63) is 34.9 Å². The van der Waals surface area contributed by atoms with E-state index in [1.54, 1.807) is 4.90 Å². The summed E-state index contributed by atoms with van der Waals surface area (Å²) in [4.78, 5) is 52.2. The average molecular weight is 429 g/mol. The third-order valence-electron chi connectivity index (χ3n) is 6.65. The number of hydrogen-bond acceptors (Lipinski definition) is 4. The number of benzene rings is 1. The van der Waals surface area contributed by atoms with E-state index in [0.717, 1.165) is 5.56 Å². The van der Waals surface area contributed by atoms with Gasteiger partial charge in [-0.3, -0.25) is 14.4 Å². The first-order valence-corrected chi connectivity index (χ1v) is 10.9. The van der Waals surface area contributed by atoms with Gasteiger partial charge in [0.2, 0.25) is 17.7 Å². The van der Waals surface area contributed by atoms with Crippen LogP contribution in [0.5, 0.6) is 0 Å². The summed E-state index contributed by atoms with van der Waals surface area (Å²) in [7, 11) is 0. The van der Waals surface area contributed by atoms with E-state index >= 15 is 0 Å². The summed E-state index contributed by atoms with van der Waals surface area (Å²) in [6, 6.07) is 4.52. The van der Waals surface area contributed by atoms with Crippen molar-refractivity contribution in [3.63, 3.8) is 0 Å². The molecular formula is C23H28FN3O4. The van der Waals surface area contributed by atoms with Gasteiger partial charge >= 0.3 is 0 Å². The monoisotopic (exact) mass is 429 g/mol. The highest BCUT2D eigenvalue weighted by Crippen LogP contribution is 2.32. The van der Waals surface area contributed by atoms with Crippen LogP contribution in [-0.2, 0) is 32.3 Å². The molecule has 3 aliphatic heterocycles. The van der Waals surface area contributed by atoms with Gasteiger partial charge in [-0.05, 0) is 29.0 Å². The van der Waals surface area contributed by atoms with Gasteiger partial charge in [-0.15, -0.1) is 0 Å². The number of halogens is 1. The fourth-order valence-corrected chi connectivity index (χ4v) is 4.98. The molecule has 0 aromatic heterocycles. The number of carbonyl (C=O) groups excluding carboxylic acids is 4. The Labute approximate surface area is 180 Å². The van der Waals surface area contributed by atoms with Crippen LogP contribution in [-0.4, -0.2) is 58.6 Å². The molecule has 31 heavy (non-hydrogen) atoms. The maximum absolute atomic E-state index is 13.7. The number of alkyl halides is 1. The van der Waals surface area contributed by atoms with E-state index in [-0.39, 0.29) is 37.6 Å². The van der Waals surface area contributed by atoms with Crippen molar-refractivity contribution < 1.29 is 23.6 Å². The van der Waals surface area contributed by atoms with Gasteiger partial charge in [0.25, 0.3) is 0 Å². The van der Waals surface area contributed by atoms with E-state index in [4.69, 9.17) is 0 Å². The molecule has 1 aromatic carbocycles. The Morgan fingerprint density at radius 2 is 2.03 bits per heavy atom. The standard InChI is InChI=1S/C23H28FN3O4/c1-13(2)18-5-3-4-14-9-26(11-19(14)18)21(29)7-15-6-20(25-22(15)30)23(31)27-10-16(24)8-17(27)12-28/h3-5,12-13,15-17,20H,6-11H2,1-2H3,(H,25,30)/t15-,16?,17-,20-/m0/s1. The molecule has 0 radical (unpaired) electrons. The Morgan fingerprint density at radius 3 is 2.74 bits per heavy atom. The maximum Gasteiger partial charge on any atom is 0.245 e. The van der Waals surface area contributed by atoms with Crippen LogP contribution >= 0.6 is 0 Å².